The lowest BCUT2D eigenvalue weighted by molar-refractivity contribution is -0.143. The van der Waals surface area contributed by atoms with E-state index < -0.39 is 27.4 Å². The number of carbonyl (C=O) groups excluding carboxylic acids is 1. The van der Waals surface area contributed by atoms with Crippen LogP contribution < -0.4 is 10.0 Å². The van der Waals surface area contributed by atoms with E-state index in [2.05, 4.69) is 10.0 Å². The van der Waals surface area contributed by atoms with Crippen molar-refractivity contribution in [2.45, 2.75) is 49.6 Å². The molecule has 1 amide bonds. The average Bonchev–Trinajstić information content (AvgIpc) is 3.30. The molecule has 1 aromatic carbocycles. The summed E-state index contributed by atoms with van der Waals surface area (Å²) in [5.41, 5.74) is -1.30. The Labute approximate surface area is 135 Å². The first-order valence-corrected chi connectivity index (χ1v) is 8.84. The fraction of sp³-hybridized carbons (Fsp3) is 0.467. The minimum absolute atomic E-state index is 0.00873. The summed E-state index contributed by atoms with van der Waals surface area (Å²) in [5, 5.41) is 11.6. The summed E-state index contributed by atoms with van der Waals surface area (Å²) in [6.07, 6.45) is 1.83. The Morgan fingerprint density at radius 1 is 1.35 bits per heavy atom. The number of nitrogens with one attached hydrogen (secondary N) is 2. The van der Waals surface area contributed by atoms with Gasteiger partial charge in [0.25, 0.3) is 5.91 Å². The Kier molecular flexibility index (Phi) is 4.76. The van der Waals surface area contributed by atoms with Crippen molar-refractivity contribution in [2.75, 3.05) is 0 Å². The van der Waals surface area contributed by atoms with Crippen molar-refractivity contribution < 1.29 is 23.1 Å². The zero-order valence-electron chi connectivity index (χ0n) is 13.0. The van der Waals surface area contributed by atoms with Crippen LogP contribution in [-0.2, 0) is 14.8 Å². The highest BCUT2D eigenvalue weighted by Gasteiger charge is 2.33. The van der Waals surface area contributed by atoms with Crippen LogP contribution in [0.4, 0.5) is 0 Å². The molecule has 0 bridgehead atoms. The van der Waals surface area contributed by atoms with Gasteiger partial charge in [0.05, 0.1) is 4.90 Å². The van der Waals surface area contributed by atoms with Crippen molar-refractivity contribution in [3.63, 3.8) is 0 Å². The molecule has 0 saturated heterocycles. The molecule has 1 saturated carbocycles. The van der Waals surface area contributed by atoms with Gasteiger partial charge in [0, 0.05) is 11.6 Å². The maximum absolute atomic E-state index is 12.2. The third-order valence-electron chi connectivity index (χ3n) is 3.87. The van der Waals surface area contributed by atoms with Crippen molar-refractivity contribution in [3.8, 4) is 0 Å². The number of hydrogen-bond donors (Lipinski definition) is 3. The molecule has 1 atom stereocenters. The monoisotopic (exact) mass is 340 g/mol. The Hall–Kier alpha value is -1.93. The Morgan fingerprint density at radius 2 is 2.00 bits per heavy atom. The molecule has 1 aromatic rings. The molecular weight excluding hydrogens is 320 g/mol. The predicted molar refractivity (Wildman–Crippen MR) is 83.6 cm³/mol. The third kappa shape index (κ3) is 4.08. The molecule has 23 heavy (non-hydrogen) atoms. The van der Waals surface area contributed by atoms with Gasteiger partial charge in [-0.1, -0.05) is 13.0 Å². The van der Waals surface area contributed by atoms with Gasteiger partial charge in [0.15, 0.2) is 0 Å². The summed E-state index contributed by atoms with van der Waals surface area (Å²) < 4.78 is 26.9. The van der Waals surface area contributed by atoms with Crippen molar-refractivity contribution in [2.24, 2.45) is 0 Å². The average molecular weight is 340 g/mol. The summed E-state index contributed by atoms with van der Waals surface area (Å²) in [6.45, 7) is 3.05. The zero-order chi connectivity index (χ0) is 17.3. The number of aliphatic carboxylic acids is 1. The van der Waals surface area contributed by atoms with Gasteiger partial charge in [-0.2, -0.15) is 0 Å². The van der Waals surface area contributed by atoms with E-state index >= 15 is 0 Å². The van der Waals surface area contributed by atoms with Gasteiger partial charge >= 0.3 is 5.97 Å². The van der Waals surface area contributed by atoms with Gasteiger partial charge in [-0.25, -0.2) is 17.9 Å². The van der Waals surface area contributed by atoms with Crippen LogP contribution in [-0.4, -0.2) is 37.0 Å². The van der Waals surface area contributed by atoms with Crippen molar-refractivity contribution >= 4 is 21.9 Å². The van der Waals surface area contributed by atoms with E-state index in [4.69, 9.17) is 0 Å². The lowest BCUT2D eigenvalue weighted by Crippen LogP contribution is -2.51. The second-order valence-electron chi connectivity index (χ2n) is 5.87. The first kappa shape index (κ1) is 17.4. The van der Waals surface area contributed by atoms with E-state index in [1.54, 1.807) is 6.92 Å². The summed E-state index contributed by atoms with van der Waals surface area (Å²) in [4.78, 5) is 23.5. The second-order valence-corrected chi connectivity index (χ2v) is 7.58. The number of hydrogen-bond acceptors (Lipinski definition) is 4. The second kappa shape index (κ2) is 6.29. The van der Waals surface area contributed by atoms with Gasteiger partial charge in [0.1, 0.15) is 5.54 Å². The van der Waals surface area contributed by atoms with E-state index in [-0.39, 0.29) is 22.9 Å². The molecule has 1 unspecified atom stereocenters. The maximum Gasteiger partial charge on any atom is 0.329 e. The number of rotatable bonds is 7. The zero-order valence-corrected chi connectivity index (χ0v) is 13.8. The van der Waals surface area contributed by atoms with Gasteiger partial charge in [-0.05, 0) is 44.4 Å². The van der Waals surface area contributed by atoms with Gasteiger partial charge in [-0.3, -0.25) is 4.79 Å². The smallest absolute Gasteiger partial charge is 0.329 e. The highest BCUT2D eigenvalue weighted by atomic mass is 32.2. The molecule has 2 rings (SSSR count). The molecule has 0 spiro atoms. The minimum atomic E-state index is -3.66. The molecule has 0 heterocycles. The molecule has 7 nitrogen and oxygen atoms in total. The number of carboxylic acid groups (broad SMARTS) is 1. The van der Waals surface area contributed by atoms with Crippen LogP contribution in [0.2, 0.25) is 0 Å². The molecular formula is C15H20N2O5S. The maximum atomic E-state index is 12.2. The van der Waals surface area contributed by atoms with Gasteiger partial charge < -0.3 is 10.4 Å². The Morgan fingerprint density at radius 3 is 2.52 bits per heavy atom. The number of sulfonamides is 1. The van der Waals surface area contributed by atoms with E-state index in [1.807, 2.05) is 0 Å². The van der Waals surface area contributed by atoms with Crippen LogP contribution in [0.3, 0.4) is 0 Å². The largest absolute Gasteiger partial charge is 0.480 e. The van der Waals surface area contributed by atoms with Crippen molar-refractivity contribution in [1.29, 1.82) is 0 Å². The van der Waals surface area contributed by atoms with E-state index in [0.717, 1.165) is 12.8 Å². The summed E-state index contributed by atoms with van der Waals surface area (Å²) in [7, 11) is -3.66. The van der Waals surface area contributed by atoms with Crippen molar-refractivity contribution in [1.82, 2.24) is 10.0 Å². The molecule has 0 radical (unpaired) electrons. The molecule has 0 aliphatic heterocycles. The fourth-order valence-corrected chi connectivity index (χ4v) is 3.26. The molecule has 0 aromatic heterocycles. The van der Waals surface area contributed by atoms with E-state index in [9.17, 15) is 23.1 Å². The number of carboxylic acids is 1. The lowest BCUT2D eigenvalue weighted by Gasteiger charge is -2.24. The first-order chi connectivity index (χ1) is 10.7. The van der Waals surface area contributed by atoms with Gasteiger partial charge in [-0.15, -0.1) is 0 Å². The number of amides is 1. The summed E-state index contributed by atoms with van der Waals surface area (Å²) in [6, 6.07) is 5.52. The topological polar surface area (TPSA) is 113 Å². The van der Waals surface area contributed by atoms with E-state index in [0.29, 0.717) is 0 Å². The van der Waals surface area contributed by atoms with E-state index in [1.165, 1.54) is 31.2 Å². The molecule has 1 fully saturated rings. The molecule has 1 aliphatic rings. The Bertz CT molecular complexity index is 727. The summed E-state index contributed by atoms with van der Waals surface area (Å²) in [5.74, 6) is -1.77. The molecule has 126 valence electrons. The minimum Gasteiger partial charge on any atom is -0.480 e. The van der Waals surface area contributed by atoms with Crippen LogP contribution >= 0.6 is 0 Å². The van der Waals surface area contributed by atoms with Crippen LogP contribution in [0.1, 0.15) is 43.5 Å². The first-order valence-electron chi connectivity index (χ1n) is 7.36. The molecule has 3 N–H and O–H groups in total. The lowest BCUT2D eigenvalue weighted by atomic mass is 9.98. The highest BCUT2D eigenvalue weighted by Crippen LogP contribution is 2.22. The summed E-state index contributed by atoms with van der Waals surface area (Å²) >= 11 is 0. The normalized spacial score (nSPS) is 17.3. The fourth-order valence-electron chi connectivity index (χ4n) is 1.91. The highest BCUT2D eigenvalue weighted by molar-refractivity contribution is 7.89. The van der Waals surface area contributed by atoms with Crippen LogP contribution in [0.5, 0.6) is 0 Å². The number of carbonyl (C=O) groups is 2. The van der Waals surface area contributed by atoms with Crippen LogP contribution in [0, 0.1) is 0 Å². The van der Waals surface area contributed by atoms with Crippen LogP contribution in [0.15, 0.2) is 29.2 Å². The quantitative estimate of drug-likeness (QED) is 0.688. The molecule has 8 heteroatoms. The predicted octanol–water partition coefficient (Wildman–Crippen LogP) is 1.11. The SMILES string of the molecule is CCC(C)(NC(=O)c1cccc(S(=O)(=O)NC2CC2)c1)C(=O)O. The third-order valence-corrected chi connectivity index (χ3v) is 5.39. The Balaban J connectivity index is 2.22. The van der Waals surface area contributed by atoms with Crippen LogP contribution in [0.25, 0.3) is 0 Å². The van der Waals surface area contributed by atoms with Gasteiger partial charge in [0.2, 0.25) is 10.0 Å². The standard InChI is InChI=1S/C15H20N2O5S/c1-3-15(2,14(19)20)16-13(18)10-5-4-6-12(9-10)23(21,22)17-11-7-8-11/h4-6,9,11,17H,3,7-8H2,1-2H3,(H,16,18)(H,19,20). The van der Waals surface area contributed by atoms with Crippen molar-refractivity contribution in [3.05, 3.63) is 29.8 Å². The molecule has 1 aliphatic carbocycles. The number of benzene rings is 1.